The molecule has 0 aromatic carbocycles. The highest BCUT2D eigenvalue weighted by atomic mass is 16.4. The monoisotopic (exact) mass is 215 g/mol. The van der Waals surface area contributed by atoms with Crippen molar-refractivity contribution in [3.63, 3.8) is 0 Å². The van der Waals surface area contributed by atoms with E-state index in [0.717, 1.165) is 5.56 Å². The number of nitrogens with zero attached hydrogens (tertiary/aromatic N) is 3. The summed E-state index contributed by atoms with van der Waals surface area (Å²) >= 11 is 0. The lowest BCUT2D eigenvalue weighted by molar-refractivity contribution is 0.0690. The van der Waals surface area contributed by atoms with Gasteiger partial charge in [0.2, 0.25) is 0 Å². The molecule has 0 saturated heterocycles. The number of hydrogen-bond donors (Lipinski definition) is 1. The molecule has 0 aliphatic rings. The molecule has 2 aromatic heterocycles. The van der Waals surface area contributed by atoms with Crippen LogP contribution in [0.15, 0.2) is 36.8 Å². The van der Waals surface area contributed by atoms with Gasteiger partial charge in [-0.05, 0) is 17.7 Å². The molecule has 5 nitrogen and oxygen atoms in total. The van der Waals surface area contributed by atoms with Gasteiger partial charge in [-0.15, -0.1) is 0 Å². The van der Waals surface area contributed by atoms with Gasteiger partial charge in [-0.1, -0.05) is 6.07 Å². The molecule has 0 atom stereocenters. The van der Waals surface area contributed by atoms with E-state index in [1.165, 1.54) is 12.3 Å². The molecule has 80 valence electrons. The van der Waals surface area contributed by atoms with Crippen molar-refractivity contribution in [2.45, 2.75) is 6.42 Å². The number of carbonyl (C=O) groups is 1. The van der Waals surface area contributed by atoms with Gasteiger partial charge in [-0.2, -0.15) is 0 Å². The van der Waals surface area contributed by atoms with Crippen molar-refractivity contribution in [2.24, 2.45) is 0 Å². The molecule has 0 unspecified atom stereocenters. The van der Waals surface area contributed by atoms with Crippen LogP contribution in [0.1, 0.15) is 21.9 Å². The maximum absolute atomic E-state index is 10.7. The Morgan fingerprint density at radius 3 is 2.88 bits per heavy atom. The number of rotatable bonds is 3. The van der Waals surface area contributed by atoms with Crippen molar-refractivity contribution in [2.75, 3.05) is 0 Å². The molecular weight excluding hydrogens is 206 g/mol. The minimum atomic E-state index is -1.05. The lowest BCUT2D eigenvalue weighted by atomic mass is 10.2. The third-order valence-electron chi connectivity index (χ3n) is 2.01. The van der Waals surface area contributed by atoms with Gasteiger partial charge in [0.25, 0.3) is 0 Å². The number of aromatic carboxylic acids is 1. The summed E-state index contributed by atoms with van der Waals surface area (Å²) in [6.45, 7) is 0. The van der Waals surface area contributed by atoms with Crippen LogP contribution in [0.25, 0.3) is 0 Å². The quantitative estimate of drug-likeness (QED) is 0.831. The Morgan fingerprint density at radius 1 is 1.31 bits per heavy atom. The maximum atomic E-state index is 10.7. The lowest BCUT2D eigenvalue weighted by Crippen LogP contribution is -2.05. The molecule has 0 saturated carbocycles. The zero-order chi connectivity index (χ0) is 11.4. The topological polar surface area (TPSA) is 76.0 Å². The summed E-state index contributed by atoms with van der Waals surface area (Å²) in [5.74, 6) is -0.567. The SMILES string of the molecule is O=C(O)c1ccnc(Cc2cccnc2)n1. The Kier molecular flexibility index (Phi) is 2.86. The van der Waals surface area contributed by atoms with E-state index in [4.69, 9.17) is 5.11 Å². The fourth-order valence-electron chi connectivity index (χ4n) is 1.29. The van der Waals surface area contributed by atoms with Crippen LogP contribution >= 0.6 is 0 Å². The van der Waals surface area contributed by atoms with Crippen molar-refractivity contribution in [3.8, 4) is 0 Å². The molecule has 0 fully saturated rings. The van der Waals surface area contributed by atoms with Crippen molar-refractivity contribution in [1.82, 2.24) is 15.0 Å². The molecular formula is C11H9N3O2. The first-order valence-corrected chi connectivity index (χ1v) is 4.70. The average Bonchev–Trinajstić information content (AvgIpc) is 2.30. The van der Waals surface area contributed by atoms with Crippen LogP contribution in [0.2, 0.25) is 0 Å². The molecule has 2 aromatic rings. The minimum Gasteiger partial charge on any atom is -0.477 e. The standard InChI is InChI=1S/C11H9N3O2/c15-11(16)9-3-5-13-10(14-9)6-8-2-1-4-12-7-8/h1-5,7H,6H2,(H,15,16). The van der Waals surface area contributed by atoms with E-state index in [1.54, 1.807) is 12.4 Å². The van der Waals surface area contributed by atoms with E-state index >= 15 is 0 Å². The summed E-state index contributed by atoms with van der Waals surface area (Å²) in [5, 5.41) is 8.77. The summed E-state index contributed by atoms with van der Waals surface area (Å²) in [7, 11) is 0. The molecule has 0 aliphatic heterocycles. The van der Waals surface area contributed by atoms with E-state index in [0.29, 0.717) is 12.2 Å². The molecule has 0 aliphatic carbocycles. The van der Waals surface area contributed by atoms with E-state index in [1.807, 2.05) is 12.1 Å². The number of carboxylic acids is 1. The highest BCUT2D eigenvalue weighted by Gasteiger charge is 2.06. The van der Waals surface area contributed by atoms with Gasteiger partial charge < -0.3 is 5.11 Å². The van der Waals surface area contributed by atoms with E-state index in [-0.39, 0.29) is 5.69 Å². The average molecular weight is 215 g/mol. The number of aromatic nitrogens is 3. The third kappa shape index (κ3) is 2.38. The summed E-state index contributed by atoms with van der Waals surface area (Å²) in [5.41, 5.74) is 0.957. The Balaban J connectivity index is 2.22. The molecule has 2 rings (SSSR count). The Bertz CT molecular complexity index is 500. The van der Waals surface area contributed by atoms with Crippen LogP contribution in [0.5, 0.6) is 0 Å². The molecule has 5 heteroatoms. The maximum Gasteiger partial charge on any atom is 0.354 e. The molecule has 0 bridgehead atoms. The summed E-state index contributed by atoms with van der Waals surface area (Å²) in [6, 6.07) is 5.08. The first kappa shape index (κ1) is 10.2. The predicted molar refractivity (Wildman–Crippen MR) is 56.0 cm³/mol. The second-order valence-corrected chi connectivity index (χ2v) is 3.20. The van der Waals surface area contributed by atoms with Crippen LogP contribution in [0, 0.1) is 0 Å². The first-order chi connectivity index (χ1) is 7.75. The smallest absolute Gasteiger partial charge is 0.354 e. The second kappa shape index (κ2) is 4.48. The van der Waals surface area contributed by atoms with Crippen LogP contribution in [0.4, 0.5) is 0 Å². The largest absolute Gasteiger partial charge is 0.477 e. The number of hydrogen-bond acceptors (Lipinski definition) is 4. The third-order valence-corrected chi connectivity index (χ3v) is 2.01. The van der Waals surface area contributed by atoms with Gasteiger partial charge >= 0.3 is 5.97 Å². The van der Waals surface area contributed by atoms with Crippen LogP contribution in [0.3, 0.4) is 0 Å². The first-order valence-electron chi connectivity index (χ1n) is 4.70. The van der Waals surface area contributed by atoms with Gasteiger partial charge in [0.05, 0.1) is 0 Å². The molecule has 2 heterocycles. The van der Waals surface area contributed by atoms with E-state index in [9.17, 15) is 4.79 Å². The fourth-order valence-corrected chi connectivity index (χ4v) is 1.29. The van der Waals surface area contributed by atoms with E-state index in [2.05, 4.69) is 15.0 Å². The second-order valence-electron chi connectivity index (χ2n) is 3.20. The van der Waals surface area contributed by atoms with Gasteiger partial charge in [-0.3, -0.25) is 4.98 Å². The highest BCUT2D eigenvalue weighted by molar-refractivity contribution is 5.85. The molecule has 0 amide bonds. The van der Waals surface area contributed by atoms with Crippen molar-refractivity contribution < 1.29 is 9.90 Å². The van der Waals surface area contributed by atoms with Crippen molar-refractivity contribution in [1.29, 1.82) is 0 Å². The lowest BCUT2D eigenvalue weighted by Gasteiger charge is -2.00. The predicted octanol–water partition coefficient (Wildman–Crippen LogP) is 1.16. The van der Waals surface area contributed by atoms with Crippen LogP contribution in [-0.4, -0.2) is 26.0 Å². The van der Waals surface area contributed by atoms with Crippen LogP contribution < -0.4 is 0 Å². The molecule has 16 heavy (non-hydrogen) atoms. The molecule has 1 N–H and O–H groups in total. The minimum absolute atomic E-state index is 0.00823. The van der Waals surface area contributed by atoms with Gasteiger partial charge in [-0.25, -0.2) is 14.8 Å². The van der Waals surface area contributed by atoms with E-state index < -0.39 is 5.97 Å². The zero-order valence-corrected chi connectivity index (χ0v) is 8.37. The zero-order valence-electron chi connectivity index (χ0n) is 8.37. The Labute approximate surface area is 91.8 Å². The highest BCUT2D eigenvalue weighted by Crippen LogP contribution is 2.04. The normalized spacial score (nSPS) is 10.0. The van der Waals surface area contributed by atoms with Crippen molar-refractivity contribution >= 4 is 5.97 Å². The van der Waals surface area contributed by atoms with Crippen molar-refractivity contribution in [3.05, 3.63) is 53.9 Å². The molecule has 0 radical (unpaired) electrons. The Morgan fingerprint density at radius 2 is 2.19 bits per heavy atom. The summed E-state index contributed by atoms with van der Waals surface area (Å²) in [4.78, 5) is 22.6. The Hall–Kier alpha value is -2.30. The van der Waals surface area contributed by atoms with Crippen LogP contribution in [-0.2, 0) is 6.42 Å². The van der Waals surface area contributed by atoms with Gasteiger partial charge in [0, 0.05) is 25.0 Å². The fraction of sp³-hybridized carbons (Fsp3) is 0.0909. The number of carboxylic acid groups (broad SMARTS) is 1. The summed E-state index contributed by atoms with van der Waals surface area (Å²) in [6.07, 6.45) is 5.31. The number of pyridine rings is 1. The van der Waals surface area contributed by atoms with Gasteiger partial charge in [0.15, 0.2) is 5.69 Å². The summed E-state index contributed by atoms with van der Waals surface area (Å²) < 4.78 is 0. The van der Waals surface area contributed by atoms with Gasteiger partial charge in [0.1, 0.15) is 5.82 Å². The molecule has 0 spiro atoms.